The number of piperidine rings is 1. The van der Waals surface area contributed by atoms with Gasteiger partial charge in [0.2, 0.25) is 0 Å². The van der Waals surface area contributed by atoms with E-state index in [1.54, 1.807) is 17.0 Å². The molecule has 0 bridgehead atoms. The second-order valence-corrected chi connectivity index (χ2v) is 7.23. The number of rotatable bonds is 5. The number of benzene rings is 1. The molecule has 0 aromatic heterocycles. The van der Waals surface area contributed by atoms with Crippen molar-refractivity contribution in [1.82, 2.24) is 4.90 Å². The molecule has 1 fully saturated rings. The van der Waals surface area contributed by atoms with Crippen LogP contribution >= 0.6 is 0 Å². The van der Waals surface area contributed by atoms with Crippen LogP contribution in [0, 0.1) is 5.92 Å². The van der Waals surface area contributed by atoms with Gasteiger partial charge in [-0.3, -0.25) is 4.79 Å². The van der Waals surface area contributed by atoms with Gasteiger partial charge in [0.1, 0.15) is 17.6 Å². The first-order chi connectivity index (χ1) is 11.4. The first-order valence-corrected chi connectivity index (χ1v) is 8.53. The van der Waals surface area contributed by atoms with Gasteiger partial charge in [0.15, 0.2) is 0 Å². The Bertz CT molecular complexity index is 539. The Labute approximate surface area is 143 Å². The molecule has 2 rings (SSSR count). The van der Waals surface area contributed by atoms with Crippen LogP contribution in [0.3, 0.4) is 0 Å². The minimum atomic E-state index is -0.443. The Morgan fingerprint density at radius 1 is 1.21 bits per heavy atom. The molecule has 0 atom stereocenters. The number of carbonyl (C=O) groups excluding carboxylic acids is 2. The van der Waals surface area contributed by atoms with Gasteiger partial charge in [0, 0.05) is 18.7 Å². The highest BCUT2D eigenvalue weighted by Gasteiger charge is 2.26. The van der Waals surface area contributed by atoms with Crippen molar-refractivity contribution in [1.29, 1.82) is 0 Å². The zero-order valence-corrected chi connectivity index (χ0v) is 14.8. The minimum absolute atomic E-state index is 0.215. The number of carbonyl (C=O) groups is 2. The van der Waals surface area contributed by atoms with Gasteiger partial charge in [-0.15, -0.1) is 0 Å². The third kappa shape index (κ3) is 5.87. The number of ether oxygens (including phenoxy) is 2. The zero-order chi connectivity index (χ0) is 17.6. The summed E-state index contributed by atoms with van der Waals surface area (Å²) in [5.41, 5.74) is 0.207. The second kappa shape index (κ2) is 8.18. The largest absolute Gasteiger partial charge is 0.494 e. The van der Waals surface area contributed by atoms with E-state index in [0.29, 0.717) is 18.1 Å². The summed E-state index contributed by atoms with van der Waals surface area (Å²) in [5.74, 6) is 1.35. The summed E-state index contributed by atoms with van der Waals surface area (Å²) >= 11 is 0. The predicted molar refractivity (Wildman–Crippen MR) is 92.5 cm³/mol. The number of amides is 1. The fraction of sp³-hybridized carbons (Fsp3) is 0.579. The monoisotopic (exact) mass is 333 g/mol. The van der Waals surface area contributed by atoms with Crippen LogP contribution in [-0.2, 0) is 4.74 Å². The highest BCUT2D eigenvalue weighted by Crippen LogP contribution is 2.23. The van der Waals surface area contributed by atoms with Crippen LogP contribution < -0.4 is 4.74 Å². The molecule has 0 spiro atoms. The third-order valence-corrected chi connectivity index (χ3v) is 4.08. The lowest BCUT2D eigenvalue weighted by Crippen LogP contribution is -2.41. The van der Waals surface area contributed by atoms with Crippen LogP contribution in [0.1, 0.15) is 50.4 Å². The lowest BCUT2D eigenvalue weighted by Gasteiger charge is -2.33. The summed E-state index contributed by atoms with van der Waals surface area (Å²) in [6.45, 7) is 7.79. The molecule has 0 radical (unpaired) electrons. The van der Waals surface area contributed by atoms with E-state index in [9.17, 15) is 9.59 Å². The summed E-state index contributed by atoms with van der Waals surface area (Å²) in [6.07, 6.45) is 3.53. The molecule has 0 unspecified atom stereocenters. The molecule has 1 saturated heterocycles. The van der Waals surface area contributed by atoms with Crippen LogP contribution in [0.25, 0.3) is 0 Å². The number of hydrogen-bond acceptors (Lipinski definition) is 4. The van der Waals surface area contributed by atoms with Crippen LogP contribution in [-0.4, -0.2) is 42.6 Å². The Morgan fingerprint density at radius 2 is 1.83 bits per heavy atom. The maximum Gasteiger partial charge on any atom is 0.410 e. The lowest BCUT2D eigenvalue weighted by atomic mass is 9.94. The first-order valence-electron chi connectivity index (χ1n) is 8.53. The summed E-state index contributed by atoms with van der Waals surface area (Å²) in [5, 5.41) is 0. The third-order valence-electron chi connectivity index (χ3n) is 4.08. The van der Waals surface area contributed by atoms with Gasteiger partial charge in [-0.2, -0.15) is 0 Å². The standard InChI is InChI=1S/C19H27NO4/c1-19(2,3)24-18(22)20-11-8-15(9-12-20)10-13-23-17-6-4-16(14-21)5-7-17/h4-7,14-15H,8-13H2,1-3H3. The molecule has 0 aliphatic carbocycles. The van der Waals surface area contributed by atoms with Crippen molar-refractivity contribution in [3.05, 3.63) is 29.8 Å². The van der Waals surface area contributed by atoms with E-state index >= 15 is 0 Å². The van der Waals surface area contributed by atoms with Crippen LogP contribution in [0.4, 0.5) is 4.79 Å². The molecule has 132 valence electrons. The van der Waals surface area contributed by atoms with Crippen molar-refractivity contribution in [2.24, 2.45) is 5.92 Å². The van der Waals surface area contributed by atoms with Gasteiger partial charge in [-0.1, -0.05) is 0 Å². The maximum absolute atomic E-state index is 12.0. The van der Waals surface area contributed by atoms with E-state index in [1.165, 1.54) is 0 Å². The van der Waals surface area contributed by atoms with Crippen LogP contribution in [0.5, 0.6) is 5.75 Å². The average molecular weight is 333 g/mol. The number of nitrogens with zero attached hydrogens (tertiary/aromatic N) is 1. The van der Waals surface area contributed by atoms with Crippen molar-refractivity contribution in [3.8, 4) is 5.75 Å². The normalized spacial score (nSPS) is 15.9. The van der Waals surface area contributed by atoms with Crippen molar-refractivity contribution in [2.45, 2.75) is 45.6 Å². The van der Waals surface area contributed by atoms with Crippen LogP contribution in [0.2, 0.25) is 0 Å². The molecule has 1 aliphatic heterocycles. The van der Waals surface area contributed by atoms with Crippen molar-refractivity contribution in [2.75, 3.05) is 19.7 Å². The molecular formula is C19H27NO4. The zero-order valence-electron chi connectivity index (χ0n) is 14.8. The molecule has 24 heavy (non-hydrogen) atoms. The molecule has 5 heteroatoms. The highest BCUT2D eigenvalue weighted by atomic mass is 16.6. The van der Waals surface area contributed by atoms with Crippen molar-refractivity contribution in [3.63, 3.8) is 0 Å². The average Bonchev–Trinajstić information content (AvgIpc) is 2.54. The molecule has 1 aromatic rings. The summed E-state index contributed by atoms with van der Waals surface area (Å²) in [7, 11) is 0. The Kier molecular flexibility index (Phi) is 6.23. The molecule has 1 amide bonds. The summed E-state index contributed by atoms with van der Waals surface area (Å²) < 4.78 is 11.1. The van der Waals surface area contributed by atoms with E-state index in [0.717, 1.165) is 44.4 Å². The minimum Gasteiger partial charge on any atom is -0.494 e. The number of hydrogen-bond donors (Lipinski definition) is 0. The molecule has 5 nitrogen and oxygen atoms in total. The quantitative estimate of drug-likeness (QED) is 0.767. The molecule has 0 N–H and O–H groups in total. The van der Waals surface area contributed by atoms with E-state index in [4.69, 9.17) is 9.47 Å². The van der Waals surface area contributed by atoms with E-state index in [-0.39, 0.29) is 6.09 Å². The fourth-order valence-electron chi connectivity index (χ4n) is 2.72. The second-order valence-electron chi connectivity index (χ2n) is 7.23. The molecular weight excluding hydrogens is 306 g/mol. The smallest absolute Gasteiger partial charge is 0.410 e. The topological polar surface area (TPSA) is 55.8 Å². The van der Waals surface area contributed by atoms with E-state index in [2.05, 4.69) is 0 Å². The van der Waals surface area contributed by atoms with E-state index < -0.39 is 5.60 Å². The van der Waals surface area contributed by atoms with Gasteiger partial charge in [-0.25, -0.2) is 4.79 Å². The number of likely N-dealkylation sites (tertiary alicyclic amines) is 1. The van der Waals surface area contributed by atoms with Gasteiger partial charge in [-0.05, 0) is 70.2 Å². The Balaban J connectivity index is 1.67. The van der Waals surface area contributed by atoms with Crippen molar-refractivity contribution >= 4 is 12.4 Å². The molecule has 1 heterocycles. The van der Waals surface area contributed by atoms with E-state index in [1.807, 2.05) is 32.9 Å². The first kappa shape index (κ1) is 18.3. The maximum atomic E-state index is 12.0. The van der Waals surface area contributed by atoms with Gasteiger partial charge in [0.25, 0.3) is 0 Å². The van der Waals surface area contributed by atoms with Crippen molar-refractivity contribution < 1.29 is 19.1 Å². The van der Waals surface area contributed by atoms with Crippen LogP contribution in [0.15, 0.2) is 24.3 Å². The Hall–Kier alpha value is -2.04. The summed E-state index contributed by atoms with van der Waals surface area (Å²) in [4.78, 5) is 24.4. The van der Waals surface area contributed by atoms with Gasteiger partial charge in [0.05, 0.1) is 6.61 Å². The fourth-order valence-corrected chi connectivity index (χ4v) is 2.72. The predicted octanol–water partition coefficient (Wildman–Crippen LogP) is 3.92. The number of aldehydes is 1. The lowest BCUT2D eigenvalue weighted by molar-refractivity contribution is 0.0177. The van der Waals surface area contributed by atoms with Gasteiger partial charge < -0.3 is 14.4 Å². The SMILES string of the molecule is CC(C)(C)OC(=O)N1CCC(CCOc2ccc(C=O)cc2)CC1. The molecule has 1 aromatic carbocycles. The highest BCUT2D eigenvalue weighted by molar-refractivity contribution is 5.74. The molecule has 0 saturated carbocycles. The summed E-state index contributed by atoms with van der Waals surface area (Å²) in [6, 6.07) is 7.13. The Morgan fingerprint density at radius 3 is 2.38 bits per heavy atom. The molecule has 1 aliphatic rings. The van der Waals surface area contributed by atoms with Gasteiger partial charge >= 0.3 is 6.09 Å².